The van der Waals surface area contributed by atoms with Gasteiger partial charge in [-0.15, -0.1) is 46.0 Å². The van der Waals surface area contributed by atoms with Crippen LogP contribution in [0.4, 0.5) is 0 Å². The van der Waals surface area contributed by atoms with Gasteiger partial charge in [-0.3, -0.25) is 4.79 Å². The molecule has 122 valence electrons. The Hall–Kier alpha value is -0.290. The average Bonchev–Trinajstić information content (AvgIpc) is 3.24. The van der Waals surface area contributed by atoms with E-state index in [-0.39, 0.29) is 63.4 Å². The molecule has 1 aromatic rings. The summed E-state index contributed by atoms with van der Waals surface area (Å²) >= 11 is 0. The summed E-state index contributed by atoms with van der Waals surface area (Å²) in [5.74, 6) is 0.209. The minimum absolute atomic E-state index is 0. The molecule has 0 spiro atoms. The van der Waals surface area contributed by atoms with Gasteiger partial charge in [0.25, 0.3) is 0 Å². The fourth-order valence-corrected chi connectivity index (χ4v) is 3.30. The van der Waals surface area contributed by atoms with Crippen LogP contribution in [0.5, 0.6) is 0 Å². The van der Waals surface area contributed by atoms with Gasteiger partial charge >= 0.3 is 26.2 Å². The number of rotatable bonds is 3. The van der Waals surface area contributed by atoms with Gasteiger partial charge in [0.2, 0.25) is 0 Å². The number of fused-ring (bicyclic) bond motifs is 4. The quantitative estimate of drug-likeness (QED) is 0.286. The molecule has 1 aliphatic heterocycles. The van der Waals surface area contributed by atoms with E-state index in [2.05, 4.69) is 22.9 Å². The largest absolute Gasteiger partial charge is 4.00 e. The van der Waals surface area contributed by atoms with Gasteiger partial charge < -0.3 is 34.7 Å². The van der Waals surface area contributed by atoms with Crippen molar-refractivity contribution in [3.8, 4) is 0 Å². The molecule has 0 bridgehead atoms. The third kappa shape index (κ3) is 4.87. The number of allylic oxidation sites excluding steroid dienone is 5. The second kappa shape index (κ2) is 10.6. The molecule has 0 amide bonds. The molecule has 24 heavy (non-hydrogen) atoms. The topological polar surface area (TPSA) is 46.5 Å². The molecule has 0 saturated heterocycles. The Morgan fingerprint density at radius 2 is 1.96 bits per heavy atom. The molecule has 0 aromatic heterocycles. The van der Waals surface area contributed by atoms with Crippen LogP contribution in [-0.4, -0.2) is 34.1 Å². The van der Waals surface area contributed by atoms with Crippen LogP contribution >= 0.6 is 0 Å². The second-order valence-electron chi connectivity index (χ2n) is 4.76. The molecule has 7 heteroatoms. The Morgan fingerprint density at radius 3 is 2.58 bits per heavy atom. The zero-order valence-corrected chi connectivity index (χ0v) is 17.9. The summed E-state index contributed by atoms with van der Waals surface area (Å²) in [4.78, 5) is 11.6. The van der Waals surface area contributed by atoms with E-state index in [1.165, 1.54) is 10.8 Å². The Bertz CT molecular complexity index is 695. The van der Waals surface area contributed by atoms with Crippen molar-refractivity contribution in [2.75, 3.05) is 13.7 Å². The molecule has 3 aliphatic rings. The third-order valence-corrected chi connectivity index (χ3v) is 4.62. The molecule has 1 aromatic carbocycles. The molecular weight excluding hydrogens is 442 g/mol. The predicted molar refractivity (Wildman–Crippen MR) is 81.1 cm³/mol. The average molecular weight is 457 g/mol. The zero-order chi connectivity index (χ0) is 14.8. The number of aliphatic hydroxyl groups is 1. The number of ketones is 1. The number of aliphatic hydroxyl groups excluding tert-OH is 1. The first-order chi connectivity index (χ1) is 10.3. The van der Waals surface area contributed by atoms with Crippen LogP contribution in [0.1, 0.15) is 17.5 Å². The maximum atomic E-state index is 11.6. The van der Waals surface area contributed by atoms with E-state index in [1.807, 2.05) is 12.1 Å². The minimum atomic E-state index is 0. The first-order valence-electron chi connectivity index (χ1n) is 6.73. The fourth-order valence-electron chi connectivity index (χ4n) is 2.35. The summed E-state index contributed by atoms with van der Waals surface area (Å²) < 4.78 is 4.50. The molecule has 1 heterocycles. The predicted octanol–water partition coefficient (Wildman–Crippen LogP) is -4.14. The zero-order valence-electron chi connectivity index (χ0n) is 12.9. The van der Waals surface area contributed by atoms with Crippen LogP contribution in [0.15, 0.2) is 46.3 Å². The summed E-state index contributed by atoms with van der Waals surface area (Å²) in [5.41, 5.74) is 4.53. The van der Waals surface area contributed by atoms with E-state index in [4.69, 9.17) is 5.11 Å². The summed E-state index contributed by atoms with van der Waals surface area (Å²) in [6.07, 6.45) is 5.79. The molecule has 4 rings (SSSR count). The van der Waals surface area contributed by atoms with Gasteiger partial charge in [-0.1, -0.05) is 23.4 Å². The van der Waals surface area contributed by atoms with Crippen molar-refractivity contribution < 1.29 is 65.7 Å². The van der Waals surface area contributed by atoms with Crippen molar-refractivity contribution in [2.45, 2.75) is 6.42 Å². The molecule has 0 unspecified atom stereocenters. The molecule has 3 nitrogen and oxygen atoms in total. The third-order valence-electron chi connectivity index (χ3n) is 3.37. The number of methoxy groups -OCH3 is 1. The van der Waals surface area contributed by atoms with Gasteiger partial charge in [-0.2, -0.15) is 0 Å². The molecule has 0 saturated carbocycles. The van der Waals surface area contributed by atoms with Gasteiger partial charge in [0.1, 0.15) is 0 Å². The SMILES string of the molecule is CO[CH-]CCO.O=C1C=C2C(=[C-]c3ccccc32)C2=C1[Si]2.[Cl-].[Cl-].[Zr+4]. The maximum absolute atomic E-state index is 11.6. The summed E-state index contributed by atoms with van der Waals surface area (Å²) in [6, 6.07) is 8.13. The first kappa shape index (κ1) is 23.7. The van der Waals surface area contributed by atoms with Crippen molar-refractivity contribution >= 4 is 20.9 Å². The van der Waals surface area contributed by atoms with Crippen molar-refractivity contribution in [3.63, 3.8) is 0 Å². The normalized spacial score (nSPS) is 15.0. The number of hydrogen-bond donors (Lipinski definition) is 1. The van der Waals surface area contributed by atoms with Gasteiger partial charge in [0, 0.05) is 6.61 Å². The number of ether oxygens (including phenoxy) is 1. The number of carbonyl (C=O) groups excluding carboxylic acids is 1. The summed E-state index contributed by atoms with van der Waals surface area (Å²) in [5, 5.41) is 10.4. The summed E-state index contributed by atoms with van der Waals surface area (Å²) in [7, 11) is 2.20. The molecule has 2 aliphatic carbocycles. The minimum Gasteiger partial charge on any atom is -1.00 e. The molecule has 2 radical (unpaired) electrons. The van der Waals surface area contributed by atoms with Crippen LogP contribution in [0.3, 0.4) is 0 Å². The Labute approximate surface area is 176 Å². The number of carbonyl (C=O) groups is 1. The van der Waals surface area contributed by atoms with E-state index in [1.54, 1.807) is 19.8 Å². The standard InChI is InChI=1S/C13H5OSi.C4H9O2.2ClH.Zr/c14-11-6-9-8-4-2-1-3-7(8)5-10(9)12-13(11)15-12;1-6-4-2-3-5;;;/h1-4,6H;4-5H,2-3H2,1H3;2*1H;/q2*-1;;;+4/p-2. The van der Waals surface area contributed by atoms with E-state index in [0.29, 0.717) is 15.9 Å². The van der Waals surface area contributed by atoms with Crippen molar-refractivity contribution in [1.82, 2.24) is 0 Å². The summed E-state index contributed by atoms with van der Waals surface area (Å²) in [6.45, 7) is 1.73. The fraction of sp³-hybridized carbons (Fsp3) is 0.176. The van der Waals surface area contributed by atoms with E-state index in [0.717, 1.165) is 21.9 Å². The van der Waals surface area contributed by atoms with Crippen LogP contribution in [0.2, 0.25) is 0 Å². The molecule has 0 fully saturated rings. The van der Waals surface area contributed by atoms with Crippen LogP contribution in [-0.2, 0) is 35.7 Å². The van der Waals surface area contributed by atoms with Gasteiger partial charge in [-0.05, 0) is 13.2 Å². The van der Waals surface area contributed by atoms with E-state index >= 15 is 0 Å². The van der Waals surface area contributed by atoms with E-state index < -0.39 is 0 Å². The van der Waals surface area contributed by atoms with Gasteiger partial charge in [0.05, 0.1) is 9.52 Å². The number of benzene rings is 1. The number of halogens is 2. The molecular formula is C17H14Cl2O3SiZr. The van der Waals surface area contributed by atoms with Crippen molar-refractivity contribution in [3.05, 3.63) is 70.1 Å². The van der Waals surface area contributed by atoms with Gasteiger partial charge in [0.15, 0.2) is 5.78 Å². The Kier molecular flexibility index (Phi) is 10.5. The van der Waals surface area contributed by atoms with Crippen molar-refractivity contribution in [1.29, 1.82) is 0 Å². The Morgan fingerprint density at radius 1 is 1.25 bits per heavy atom. The maximum Gasteiger partial charge on any atom is 4.00 e. The van der Waals surface area contributed by atoms with Crippen LogP contribution in [0.25, 0.3) is 5.57 Å². The second-order valence-corrected chi connectivity index (χ2v) is 6.01. The van der Waals surface area contributed by atoms with Gasteiger partial charge in [-0.25, -0.2) is 6.61 Å². The molecule has 0 atom stereocenters. The molecule has 1 N–H and O–H groups in total. The smallest absolute Gasteiger partial charge is 1.00 e. The van der Waals surface area contributed by atoms with Crippen LogP contribution in [0, 0.1) is 12.7 Å². The Balaban J connectivity index is 0.000000524. The monoisotopic (exact) mass is 454 g/mol. The number of hydrogen-bond acceptors (Lipinski definition) is 3. The van der Waals surface area contributed by atoms with Crippen molar-refractivity contribution in [2.24, 2.45) is 0 Å². The first-order valence-corrected chi connectivity index (χ1v) is 7.73. The van der Waals surface area contributed by atoms with Crippen LogP contribution < -0.4 is 24.8 Å². The van der Waals surface area contributed by atoms with E-state index in [9.17, 15) is 4.79 Å².